The third kappa shape index (κ3) is 1.83. The van der Waals surface area contributed by atoms with Crippen LogP contribution in [0.1, 0.15) is 43.4 Å². The zero-order chi connectivity index (χ0) is 10.9. The molecule has 1 nitrogen and oxygen atoms in total. The molecule has 0 N–H and O–H groups in total. The molecular weight excluding hydrogens is 184 g/mol. The second-order valence-electron chi connectivity index (χ2n) is 5.03. The topological polar surface area (TPSA) is 17.1 Å². The van der Waals surface area contributed by atoms with Crippen molar-refractivity contribution in [2.24, 2.45) is 0 Å². The predicted molar refractivity (Wildman–Crippen MR) is 62.2 cm³/mol. The van der Waals surface area contributed by atoms with Gasteiger partial charge in [0.1, 0.15) is 6.29 Å². The molecule has 0 saturated heterocycles. The standard InChI is InChI=1S/C14H18O/c1-14(2)9-8-12-11(6-4-10-15)5-3-7-13(12)14/h3,5,7,10H,4,6,8-9H2,1-2H3. The zero-order valence-corrected chi connectivity index (χ0v) is 9.55. The van der Waals surface area contributed by atoms with Crippen LogP contribution in [0.2, 0.25) is 0 Å². The van der Waals surface area contributed by atoms with Crippen molar-refractivity contribution >= 4 is 6.29 Å². The largest absolute Gasteiger partial charge is 0.303 e. The van der Waals surface area contributed by atoms with Crippen LogP contribution < -0.4 is 0 Å². The second kappa shape index (κ2) is 3.80. The van der Waals surface area contributed by atoms with E-state index in [0.29, 0.717) is 11.8 Å². The van der Waals surface area contributed by atoms with Gasteiger partial charge in [0, 0.05) is 6.42 Å². The molecule has 1 heteroatoms. The Balaban J connectivity index is 2.36. The SMILES string of the molecule is CC1(C)CCc2c(CCC=O)cccc21. The fraction of sp³-hybridized carbons (Fsp3) is 0.500. The molecule has 1 aromatic rings. The maximum Gasteiger partial charge on any atom is 0.120 e. The highest BCUT2D eigenvalue weighted by Crippen LogP contribution is 2.39. The summed E-state index contributed by atoms with van der Waals surface area (Å²) in [4.78, 5) is 10.4. The highest BCUT2D eigenvalue weighted by molar-refractivity contribution is 5.51. The van der Waals surface area contributed by atoms with Gasteiger partial charge in [0.15, 0.2) is 0 Å². The fourth-order valence-corrected chi connectivity index (χ4v) is 2.58. The summed E-state index contributed by atoms with van der Waals surface area (Å²) >= 11 is 0. The Morgan fingerprint density at radius 2 is 2.20 bits per heavy atom. The van der Waals surface area contributed by atoms with Gasteiger partial charge in [-0.25, -0.2) is 0 Å². The lowest BCUT2D eigenvalue weighted by Crippen LogP contribution is -2.11. The monoisotopic (exact) mass is 202 g/mol. The van der Waals surface area contributed by atoms with Gasteiger partial charge in [-0.2, -0.15) is 0 Å². The van der Waals surface area contributed by atoms with E-state index in [0.717, 1.165) is 12.7 Å². The predicted octanol–water partition coefficient (Wildman–Crippen LogP) is 3.04. The number of aldehydes is 1. The molecule has 0 saturated carbocycles. The average molecular weight is 202 g/mol. The Kier molecular flexibility index (Phi) is 2.64. The van der Waals surface area contributed by atoms with Crippen LogP contribution in [-0.4, -0.2) is 6.29 Å². The van der Waals surface area contributed by atoms with E-state index in [-0.39, 0.29) is 0 Å². The molecule has 1 aliphatic carbocycles. The molecule has 2 rings (SSSR count). The van der Waals surface area contributed by atoms with Crippen LogP contribution in [0.3, 0.4) is 0 Å². The van der Waals surface area contributed by atoms with Crippen molar-refractivity contribution in [1.82, 2.24) is 0 Å². The summed E-state index contributed by atoms with van der Waals surface area (Å²) in [5.41, 5.74) is 4.70. The lowest BCUT2D eigenvalue weighted by atomic mass is 9.86. The average Bonchev–Trinajstić information content (AvgIpc) is 2.53. The van der Waals surface area contributed by atoms with Crippen molar-refractivity contribution in [3.63, 3.8) is 0 Å². The van der Waals surface area contributed by atoms with Gasteiger partial charge < -0.3 is 4.79 Å². The van der Waals surface area contributed by atoms with Crippen LogP contribution in [0, 0.1) is 0 Å². The minimum absolute atomic E-state index is 0.326. The molecule has 0 fully saturated rings. The number of hydrogen-bond acceptors (Lipinski definition) is 1. The number of hydrogen-bond donors (Lipinski definition) is 0. The Morgan fingerprint density at radius 3 is 2.93 bits per heavy atom. The summed E-state index contributed by atoms with van der Waals surface area (Å²) in [6, 6.07) is 6.54. The van der Waals surface area contributed by atoms with E-state index in [9.17, 15) is 4.79 Å². The van der Waals surface area contributed by atoms with E-state index in [1.165, 1.54) is 29.5 Å². The van der Waals surface area contributed by atoms with Crippen LogP contribution in [0.5, 0.6) is 0 Å². The smallest absolute Gasteiger partial charge is 0.120 e. The highest BCUT2D eigenvalue weighted by Gasteiger charge is 2.30. The summed E-state index contributed by atoms with van der Waals surface area (Å²) in [7, 11) is 0. The van der Waals surface area contributed by atoms with E-state index < -0.39 is 0 Å². The van der Waals surface area contributed by atoms with Gasteiger partial charge in [0.25, 0.3) is 0 Å². The third-order valence-electron chi connectivity index (χ3n) is 3.53. The second-order valence-corrected chi connectivity index (χ2v) is 5.03. The lowest BCUT2D eigenvalue weighted by Gasteiger charge is -2.19. The molecular formula is C14H18O. The van der Waals surface area contributed by atoms with Gasteiger partial charge in [0.05, 0.1) is 0 Å². The zero-order valence-electron chi connectivity index (χ0n) is 9.55. The van der Waals surface area contributed by atoms with Crippen molar-refractivity contribution in [1.29, 1.82) is 0 Å². The van der Waals surface area contributed by atoms with E-state index >= 15 is 0 Å². The summed E-state index contributed by atoms with van der Waals surface area (Å²) in [5, 5.41) is 0. The molecule has 0 amide bonds. The highest BCUT2D eigenvalue weighted by atomic mass is 16.1. The van der Waals surface area contributed by atoms with Crippen LogP contribution >= 0.6 is 0 Å². The number of benzene rings is 1. The van der Waals surface area contributed by atoms with Gasteiger partial charge >= 0.3 is 0 Å². The van der Waals surface area contributed by atoms with Gasteiger partial charge in [-0.05, 0) is 41.4 Å². The summed E-state index contributed by atoms with van der Waals surface area (Å²) in [6.07, 6.45) is 4.98. The van der Waals surface area contributed by atoms with Gasteiger partial charge in [-0.15, -0.1) is 0 Å². The van der Waals surface area contributed by atoms with E-state index in [2.05, 4.69) is 32.0 Å². The summed E-state index contributed by atoms with van der Waals surface area (Å²) in [6.45, 7) is 4.62. The molecule has 1 aromatic carbocycles. The van der Waals surface area contributed by atoms with Crippen molar-refractivity contribution < 1.29 is 4.79 Å². The Hall–Kier alpha value is -1.11. The number of fused-ring (bicyclic) bond motifs is 1. The molecule has 15 heavy (non-hydrogen) atoms. The quantitative estimate of drug-likeness (QED) is 0.688. The molecule has 0 atom stereocenters. The maximum atomic E-state index is 10.4. The molecule has 0 spiro atoms. The van der Waals surface area contributed by atoms with Crippen LogP contribution in [0.4, 0.5) is 0 Å². The molecule has 0 aliphatic heterocycles. The fourth-order valence-electron chi connectivity index (χ4n) is 2.58. The van der Waals surface area contributed by atoms with Crippen LogP contribution in [-0.2, 0) is 23.1 Å². The van der Waals surface area contributed by atoms with Crippen LogP contribution in [0.25, 0.3) is 0 Å². The number of carbonyl (C=O) groups is 1. The van der Waals surface area contributed by atoms with Crippen molar-refractivity contribution in [2.45, 2.75) is 44.9 Å². The minimum Gasteiger partial charge on any atom is -0.303 e. The van der Waals surface area contributed by atoms with E-state index in [1.54, 1.807) is 0 Å². The molecule has 0 aromatic heterocycles. The molecule has 0 bridgehead atoms. The first-order chi connectivity index (χ1) is 7.15. The van der Waals surface area contributed by atoms with Crippen LogP contribution in [0.15, 0.2) is 18.2 Å². The molecule has 0 radical (unpaired) electrons. The number of carbonyl (C=O) groups excluding carboxylic acids is 1. The van der Waals surface area contributed by atoms with Gasteiger partial charge in [-0.3, -0.25) is 0 Å². The van der Waals surface area contributed by atoms with E-state index in [1.807, 2.05) is 0 Å². The first-order valence-electron chi connectivity index (χ1n) is 5.70. The lowest BCUT2D eigenvalue weighted by molar-refractivity contribution is -0.107. The van der Waals surface area contributed by atoms with Crippen molar-refractivity contribution in [3.05, 3.63) is 34.9 Å². The van der Waals surface area contributed by atoms with Crippen molar-refractivity contribution in [2.75, 3.05) is 0 Å². The van der Waals surface area contributed by atoms with Crippen molar-refractivity contribution in [3.8, 4) is 0 Å². The maximum absolute atomic E-state index is 10.4. The minimum atomic E-state index is 0.326. The molecule has 1 aliphatic rings. The molecule has 80 valence electrons. The van der Waals surface area contributed by atoms with Gasteiger partial charge in [0.2, 0.25) is 0 Å². The first kappa shape index (κ1) is 10.4. The molecule has 0 unspecified atom stereocenters. The number of aryl methyl sites for hydroxylation is 1. The Bertz CT molecular complexity index is 377. The Labute approximate surface area is 91.5 Å². The normalized spacial score (nSPS) is 17.5. The van der Waals surface area contributed by atoms with Gasteiger partial charge in [-0.1, -0.05) is 32.0 Å². The Morgan fingerprint density at radius 1 is 1.40 bits per heavy atom. The summed E-state index contributed by atoms with van der Waals surface area (Å²) < 4.78 is 0. The summed E-state index contributed by atoms with van der Waals surface area (Å²) in [5.74, 6) is 0. The van der Waals surface area contributed by atoms with E-state index in [4.69, 9.17) is 0 Å². The first-order valence-corrected chi connectivity index (χ1v) is 5.70. The number of rotatable bonds is 3. The molecule has 0 heterocycles. The third-order valence-corrected chi connectivity index (χ3v) is 3.53.